The van der Waals surface area contributed by atoms with Crippen molar-refractivity contribution in [3.63, 3.8) is 0 Å². The summed E-state index contributed by atoms with van der Waals surface area (Å²) in [5.41, 5.74) is 0.873. The second-order valence-corrected chi connectivity index (χ2v) is 6.11. The number of nitrogens with zero attached hydrogens (tertiary/aromatic N) is 2. The number of aromatic nitrogens is 2. The van der Waals surface area contributed by atoms with E-state index < -0.39 is 5.60 Å². The molecule has 0 atom stereocenters. The second kappa shape index (κ2) is 5.06. The molecule has 0 aliphatic carbocycles. The van der Waals surface area contributed by atoms with E-state index >= 15 is 0 Å². The van der Waals surface area contributed by atoms with Gasteiger partial charge in [0.05, 0.1) is 0 Å². The van der Waals surface area contributed by atoms with Crippen molar-refractivity contribution in [1.82, 2.24) is 9.78 Å². The van der Waals surface area contributed by atoms with E-state index in [1.807, 2.05) is 6.92 Å². The van der Waals surface area contributed by atoms with E-state index in [-0.39, 0.29) is 12.3 Å². The molecule has 0 aliphatic heterocycles. The van der Waals surface area contributed by atoms with Crippen LogP contribution in [-0.2, 0) is 11.3 Å². The molecule has 1 heterocycles. The fourth-order valence-corrected chi connectivity index (χ4v) is 2.94. The number of rotatable bonds is 4. The first-order valence-corrected chi connectivity index (χ1v) is 6.71. The van der Waals surface area contributed by atoms with E-state index in [0.29, 0.717) is 5.92 Å². The smallest absolute Gasteiger partial charge is 0.185 e. The number of hydrogen-bond donors (Lipinski definition) is 1. The van der Waals surface area contributed by atoms with Crippen LogP contribution >= 0.6 is 22.6 Å². The van der Waals surface area contributed by atoms with Gasteiger partial charge in [-0.1, -0.05) is 13.8 Å². The van der Waals surface area contributed by atoms with Crippen molar-refractivity contribution in [2.75, 3.05) is 0 Å². The molecule has 0 radical (unpaired) electrons. The summed E-state index contributed by atoms with van der Waals surface area (Å²) in [5.74, 6) is 0.155. The molecule has 96 valence electrons. The highest BCUT2D eigenvalue weighted by Gasteiger charge is 2.25. The summed E-state index contributed by atoms with van der Waals surface area (Å²) < 4.78 is 2.61. The Bertz CT molecular complexity index is 430. The van der Waals surface area contributed by atoms with Crippen molar-refractivity contribution in [2.24, 2.45) is 0 Å². The number of aliphatic hydroxyl groups is 1. The van der Waals surface area contributed by atoms with Gasteiger partial charge in [0.15, 0.2) is 5.78 Å². The lowest BCUT2D eigenvalue weighted by atomic mass is 10.0. The number of carbonyl (C=O) groups is 1. The largest absolute Gasteiger partial charge is 0.383 e. The number of carbonyl (C=O) groups excluding carboxylic acids is 1. The molecule has 0 amide bonds. The Hall–Kier alpha value is -0.430. The minimum absolute atomic E-state index is 0.123. The van der Waals surface area contributed by atoms with Crippen LogP contribution in [0.15, 0.2) is 0 Å². The molecule has 1 aromatic rings. The van der Waals surface area contributed by atoms with Crippen molar-refractivity contribution in [1.29, 1.82) is 0 Å². The summed E-state index contributed by atoms with van der Waals surface area (Å²) in [4.78, 5) is 11.8. The molecule has 0 spiro atoms. The van der Waals surface area contributed by atoms with E-state index in [1.54, 1.807) is 4.68 Å². The SMILES string of the molecule is Cc1c(C(C)C)c(I)nn1CC(=O)C(C)(C)O. The van der Waals surface area contributed by atoms with Crippen LogP contribution in [0.4, 0.5) is 0 Å². The molecule has 17 heavy (non-hydrogen) atoms. The summed E-state index contributed by atoms with van der Waals surface area (Å²) in [6.07, 6.45) is 0. The van der Waals surface area contributed by atoms with Crippen LogP contribution in [0, 0.1) is 10.6 Å². The van der Waals surface area contributed by atoms with Gasteiger partial charge in [0.1, 0.15) is 15.8 Å². The van der Waals surface area contributed by atoms with E-state index in [0.717, 1.165) is 9.39 Å². The standard InChI is InChI=1S/C12H19IN2O2/c1-7(2)10-8(3)15(14-11(10)13)6-9(16)12(4,5)17/h7,17H,6H2,1-5H3. The normalized spacial score (nSPS) is 12.2. The van der Waals surface area contributed by atoms with Crippen molar-refractivity contribution in [2.45, 2.75) is 52.7 Å². The molecule has 0 saturated heterocycles. The van der Waals surface area contributed by atoms with E-state index in [2.05, 4.69) is 41.5 Å². The van der Waals surface area contributed by atoms with Crippen LogP contribution in [0.3, 0.4) is 0 Å². The van der Waals surface area contributed by atoms with Gasteiger partial charge in [-0.2, -0.15) is 5.10 Å². The monoisotopic (exact) mass is 350 g/mol. The Morgan fingerprint density at radius 3 is 2.41 bits per heavy atom. The molecule has 1 rings (SSSR count). The van der Waals surface area contributed by atoms with Gasteiger partial charge < -0.3 is 5.11 Å². The van der Waals surface area contributed by atoms with Crippen LogP contribution in [0.25, 0.3) is 0 Å². The van der Waals surface area contributed by atoms with Crippen molar-refractivity contribution in [3.8, 4) is 0 Å². The predicted molar refractivity (Wildman–Crippen MR) is 75.1 cm³/mol. The highest BCUT2D eigenvalue weighted by Crippen LogP contribution is 2.24. The molecule has 1 aromatic heterocycles. The average Bonchev–Trinajstić information content (AvgIpc) is 2.40. The minimum atomic E-state index is -1.30. The number of halogens is 1. The molecule has 0 bridgehead atoms. The summed E-state index contributed by atoms with van der Waals surface area (Å²) in [6, 6.07) is 0. The summed E-state index contributed by atoms with van der Waals surface area (Å²) in [5, 5.41) is 14.0. The lowest BCUT2D eigenvalue weighted by molar-refractivity contribution is -0.134. The average molecular weight is 350 g/mol. The summed E-state index contributed by atoms with van der Waals surface area (Å²) in [6.45, 7) is 9.30. The van der Waals surface area contributed by atoms with Gasteiger partial charge in [0, 0.05) is 11.3 Å². The molecule has 0 fully saturated rings. The zero-order valence-electron chi connectivity index (χ0n) is 10.9. The first-order chi connectivity index (χ1) is 7.64. The second-order valence-electron chi connectivity index (χ2n) is 5.08. The number of Topliss-reactive ketones (excluding diaryl/α,β-unsaturated/α-hetero) is 1. The van der Waals surface area contributed by atoms with Gasteiger partial charge in [0.25, 0.3) is 0 Å². The van der Waals surface area contributed by atoms with E-state index in [1.165, 1.54) is 19.4 Å². The Balaban J connectivity index is 3.02. The highest BCUT2D eigenvalue weighted by atomic mass is 127. The first kappa shape index (κ1) is 14.6. The third-order valence-corrected chi connectivity index (χ3v) is 3.56. The van der Waals surface area contributed by atoms with Crippen LogP contribution in [0.2, 0.25) is 0 Å². The Labute approximate surface area is 116 Å². The number of hydrogen-bond acceptors (Lipinski definition) is 3. The zero-order chi connectivity index (χ0) is 13.4. The minimum Gasteiger partial charge on any atom is -0.383 e. The van der Waals surface area contributed by atoms with Gasteiger partial charge in [-0.15, -0.1) is 0 Å². The fourth-order valence-electron chi connectivity index (χ4n) is 1.66. The van der Waals surface area contributed by atoms with Crippen LogP contribution < -0.4 is 0 Å². The van der Waals surface area contributed by atoms with Gasteiger partial charge in [-0.25, -0.2) is 0 Å². The van der Waals surface area contributed by atoms with Gasteiger partial charge >= 0.3 is 0 Å². The Morgan fingerprint density at radius 2 is 2.06 bits per heavy atom. The quantitative estimate of drug-likeness (QED) is 0.848. The molecule has 0 aromatic carbocycles. The van der Waals surface area contributed by atoms with Gasteiger partial charge in [0.2, 0.25) is 0 Å². The Kier molecular flexibility index (Phi) is 4.35. The van der Waals surface area contributed by atoms with E-state index in [9.17, 15) is 9.90 Å². The highest BCUT2D eigenvalue weighted by molar-refractivity contribution is 14.1. The molecule has 4 nitrogen and oxygen atoms in total. The third kappa shape index (κ3) is 3.28. The molecule has 0 unspecified atom stereocenters. The molecule has 0 saturated carbocycles. The fraction of sp³-hybridized carbons (Fsp3) is 0.667. The summed E-state index contributed by atoms with van der Waals surface area (Å²) in [7, 11) is 0. The van der Waals surface area contributed by atoms with Crippen LogP contribution in [0.1, 0.15) is 44.9 Å². The van der Waals surface area contributed by atoms with Crippen molar-refractivity contribution in [3.05, 3.63) is 15.0 Å². The molecule has 5 heteroatoms. The maximum Gasteiger partial charge on any atom is 0.185 e. The van der Waals surface area contributed by atoms with Crippen molar-refractivity contribution < 1.29 is 9.90 Å². The van der Waals surface area contributed by atoms with E-state index in [4.69, 9.17) is 0 Å². The van der Waals surface area contributed by atoms with Gasteiger partial charge in [-0.05, 0) is 49.3 Å². The third-order valence-electron chi connectivity index (χ3n) is 2.76. The maximum atomic E-state index is 11.8. The lowest BCUT2D eigenvalue weighted by Crippen LogP contribution is -2.34. The molecule has 0 aliphatic rings. The summed E-state index contributed by atoms with van der Waals surface area (Å²) >= 11 is 2.18. The molecular formula is C12H19IN2O2. The van der Waals surface area contributed by atoms with Gasteiger partial charge in [-0.3, -0.25) is 9.48 Å². The topological polar surface area (TPSA) is 55.1 Å². The Morgan fingerprint density at radius 1 is 1.53 bits per heavy atom. The van der Waals surface area contributed by atoms with Crippen LogP contribution in [0.5, 0.6) is 0 Å². The number of ketones is 1. The predicted octanol–water partition coefficient (Wildman–Crippen LogP) is 2.26. The molecular weight excluding hydrogens is 331 g/mol. The lowest BCUT2D eigenvalue weighted by Gasteiger charge is -2.16. The zero-order valence-corrected chi connectivity index (χ0v) is 13.1. The van der Waals surface area contributed by atoms with Crippen LogP contribution in [-0.4, -0.2) is 26.3 Å². The molecule has 1 N–H and O–H groups in total. The first-order valence-electron chi connectivity index (χ1n) is 5.63. The maximum absolute atomic E-state index is 11.8. The van der Waals surface area contributed by atoms with Crippen molar-refractivity contribution >= 4 is 28.4 Å².